The van der Waals surface area contributed by atoms with Crippen LogP contribution in [0.15, 0.2) is 24.3 Å². The van der Waals surface area contributed by atoms with E-state index in [0.717, 1.165) is 34.1 Å². The van der Waals surface area contributed by atoms with Crippen LogP contribution in [0, 0.1) is 11.8 Å². The molecule has 0 bridgehead atoms. The molecule has 12 nitrogen and oxygen atoms in total. The zero-order chi connectivity index (χ0) is 26.8. The SMILES string of the molecule is CC(C)C(C(=O)OCCOCCOCCOC(=O)C(C(C)C)N1C(=O)C=CC1=O)N1C(=O)C=CC1=O. The molecule has 2 aliphatic rings. The van der Waals surface area contributed by atoms with E-state index in [9.17, 15) is 28.8 Å². The van der Waals surface area contributed by atoms with Crippen LogP contribution in [-0.4, -0.2) is 97.1 Å². The maximum atomic E-state index is 12.4. The van der Waals surface area contributed by atoms with Crippen molar-refractivity contribution < 1.29 is 47.7 Å². The van der Waals surface area contributed by atoms with E-state index in [0.29, 0.717) is 0 Å². The summed E-state index contributed by atoms with van der Waals surface area (Å²) in [6.07, 6.45) is 4.46. The van der Waals surface area contributed by atoms with Crippen LogP contribution >= 0.6 is 0 Å². The number of rotatable bonds is 15. The minimum absolute atomic E-state index is 0.0668. The summed E-state index contributed by atoms with van der Waals surface area (Å²) in [6.45, 7) is 7.23. The normalized spacial score (nSPS) is 17.1. The van der Waals surface area contributed by atoms with Crippen LogP contribution < -0.4 is 0 Å². The number of hydrogen-bond acceptors (Lipinski definition) is 10. The molecule has 0 fully saturated rings. The van der Waals surface area contributed by atoms with Gasteiger partial charge in [-0.05, 0) is 11.8 Å². The molecule has 0 aromatic heterocycles. The lowest BCUT2D eigenvalue weighted by Gasteiger charge is -2.27. The number of carbonyl (C=O) groups is 6. The summed E-state index contributed by atoms with van der Waals surface area (Å²) in [5.41, 5.74) is 0. The van der Waals surface area contributed by atoms with E-state index in [1.807, 2.05) is 0 Å². The number of imide groups is 2. The summed E-state index contributed by atoms with van der Waals surface area (Å²) in [6, 6.07) is -2.03. The third kappa shape index (κ3) is 7.56. The van der Waals surface area contributed by atoms with Crippen LogP contribution in [0.3, 0.4) is 0 Å². The second-order valence-electron chi connectivity index (χ2n) is 8.70. The largest absolute Gasteiger partial charge is 0.462 e. The number of nitrogens with zero attached hydrogens (tertiary/aromatic N) is 2. The van der Waals surface area contributed by atoms with Crippen molar-refractivity contribution in [3.05, 3.63) is 24.3 Å². The summed E-state index contributed by atoms with van der Waals surface area (Å²) in [5, 5.41) is 0. The highest BCUT2D eigenvalue weighted by atomic mass is 16.6. The molecule has 12 heteroatoms. The topological polar surface area (TPSA) is 146 Å². The lowest BCUT2D eigenvalue weighted by atomic mass is 10.0. The molecule has 0 aromatic carbocycles. The van der Waals surface area contributed by atoms with Gasteiger partial charge in [0, 0.05) is 24.3 Å². The Kier molecular flexibility index (Phi) is 10.9. The van der Waals surface area contributed by atoms with Crippen LogP contribution in [0.25, 0.3) is 0 Å². The van der Waals surface area contributed by atoms with Gasteiger partial charge in [0.05, 0.1) is 26.4 Å². The van der Waals surface area contributed by atoms with Crippen molar-refractivity contribution in [2.24, 2.45) is 11.8 Å². The molecule has 0 aromatic rings. The molecule has 2 atom stereocenters. The summed E-state index contributed by atoms with van der Waals surface area (Å²) in [5.74, 6) is -4.23. The van der Waals surface area contributed by atoms with Crippen molar-refractivity contribution in [2.75, 3.05) is 39.6 Å². The Hall–Kier alpha value is -3.38. The average Bonchev–Trinajstić information content (AvgIpc) is 3.31. The van der Waals surface area contributed by atoms with Crippen molar-refractivity contribution in [1.29, 1.82) is 0 Å². The monoisotopic (exact) mass is 508 g/mol. The lowest BCUT2D eigenvalue weighted by Crippen LogP contribution is -2.49. The highest BCUT2D eigenvalue weighted by molar-refractivity contribution is 6.15. The van der Waals surface area contributed by atoms with Crippen molar-refractivity contribution in [1.82, 2.24) is 9.80 Å². The molecule has 2 unspecified atom stereocenters. The van der Waals surface area contributed by atoms with Crippen molar-refractivity contribution >= 4 is 35.6 Å². The fourth-order valence-corrected chi connectivity index (χ4v) is 3.62. The van der Waals surface area contributed by atoms with Crippen LogP contribution in [0.1, 0.15) is 27.7 Å². The van der Waals surface area contributed by atoms with Crippen molar-refractivity contribution in [2.45, 2.75) is 39.8 Å². The van der Waals surface area contributed by atoms with Gasteiger partial charge >= 0.3 is 11.9 Å². The van der Waals surface area contributed by atoms with E-state index in [1.165, 1.54) is 0 Å². The molecule has 2 rings (SSSR count). The number of amides is 4. The molecule has 0 radical (unpaired) electrons. The molecular formula is C24H32N2O10. The molecule has 198 valence electrons. The van der Waals surface area contributed by atoms with Gasteiger partial charge in [-0.2, -0.15) is 0 Å². The zero-order valence-corrected chi connectivity index (χ0v) is 20.8. The molecule has 0 N–H and O–H groups in total. The minimum Gasteiger partial charge on any atom is -0.462 e. The van der Waals surface area contributed by atoms with Crippen LogP contribution in [-0.2, 0) is 47.7 Å². The second kappa shape index (κ2) is 13.6. The lowest BCUT2D eigenvalue weighted by molar-refractivity contribution is -0.161. The zero-order valence-electron chi connectivity index (χ0n) is 20.8. The highest BCUT2D eigenvalue weighted by Gasteiger charge is 2.39. The predicted octanol–water partition coefficient (Wildman–Crippen LogP) is 0.00520. The molecule has 0 spiro atoms. The Balaban J connectivity index is 1.58. The minimum atomic E-state index is -1.01. The molecular weight excluding hydrogens is 476 g/mol. The molecule has 0 saturated heterocycles. The van der Waals surface area contributed by atoms with Crippen molar-refractivity contribution in [3.8, 4) is 0 Å². The third-order valence-electron chi connectivity index (χ3n) is 5.30. The van der Waals surface area contributed by atoms with Gasteiger partial charge in [-0.15, -0.1) is 0 Å². The van der Waals surface area contributed by atoms with Gasteiger partial charge in [0.15, 0.2) is 0 Å². The standard InChI is InChI=1S/C24H32N2O10/c1-15(2)21(25-17(27)5-6-18(25)28)23(31)35-13-11-33-9-10-34-12-14-36-24(32)22(16(3)4)26-19(29)7-8-20(26)30/h5-8,15-16,21-22H,9-14H2,1-4H3. The van der Waals surface area contributed by atoms with Crippen LogP contribution in [0.4, 0.5) is 0 Å². The smallest absolute Gasteiger partial charge is 0.329 e. The van der Waals surface area contributed by atoms with Crippen molar-refractivity contribution in [3.63, 3.8) is 0 Å². The maximum absolute atomic E-state index is 12.4. The Morgan fingerprint density at radius 2 is 0.861 bits per heavy atom. The average molecular weight is 509 g/mol. The van der Waals surface area contributed by atoms with Gasteiger partial charge < -0.3 is 18.9 Å². The Labute approximate surface area is 209 Å². The Bertz CT molecular complexity index is 814. The number of hydrogen-bond donors (Lipinski definition) is 0. The fraction of sp³-hybridized carbons (Fsp3) is 0.583. The quantitative estimate of drug-likeness (QED) is 0.168. The summed E-state index contributed by atoms with van der Waals surface area (Å²) < 4.78 is 20.9. The molecule has 2 aliphatic heterocycles. The van der Waals surface area contributed by atoms with E-state index in [-0.39, 0.29) is 51.5 Å². The van der Waals surface area contributed by atoms with E-state index in [4.69, 9.17) is 18.9 Å². The van der Waals surface area contributed by atoms with Gasteiger partial charge in [-0.3, -0.25) is 29.0 Å². The molecule has 0 saturated carbocycles. The second-order valence-corrected chi connectivity index (χ2v) is 8.70. The molecule has 4 amide bonds. The fourth-order valence-electron chi connectivity index (χ4n) is 3.62. The maximum Gasteiger partial charge on any atom is 0.329 e. The van der Waals surface area contributed by atoms with E-state index in [1.54, 1.807) is 27.7 Å². The number of carbonyl (C=O) groups excluding carboxylic acids is 6. The Morgan fingerprint density at radius 3 is 1.14 bits per heavy atom. The molecule has 0 aliphatic carbocycles. The third-order valence-corrected chi connectivity index (χ3v) is 5.30. The van der Waals surface area contributed by atoms with Crippen LogP contribution in [0.2, 0.25) is 0 Å². The van der Waals surface area contributed by atoms with E-state index in [2.05, 4.69) is 0 Å². The molecule has 2 heterocycles. The van der Waals surface area contributed by atoms with E-state index < -0.39 is 47.7 Å². The first-order valence-electron chi connectivity index (χ1n) is 11.7. The first kappa shape index (κ1) is 28.9. The van der Waals surface area contributed by atoms with Gasteiger partial charge in [0.1, 0.15) is 25.3 Å². The first-order chi connectivity index (χ1) is 17.1. The number of esters is 2. The van der Waals surface area contributed by atoms with Gasteiger partial charge in [-0.25, -0.2) is 9.59 Å². The highest BCUT2D eigenvalue weighted by Crippen LogP contribution is 2.19. The number of ether oxygens (including phenoxy) is 4. The van der Waals surface area contributed by atoms with Gasteiger partial charge in [0.25, 0.3) is 23.6 Å². The predicted molar refractivity (Wildman–Crippen MR) is 123 cm³/mol. The summed E-state index contributed by atoms with van der Waals surface area (Å²) in [7, 11) is 0. The Morgan fingerprint density at radius 1 is 0.583 bits per heavy atom. The molecule has 36 heavy (non-hydrogen) atoms. The summed E-state index contributed by atoms with van der Waals surface area (Å²) >= 11 is 0. The first-order valence-corrected chi connectivity index (χ1v) is 11.7. The van der Waals surface area contributed by atoms with Gasteiger partial charge in [-0.1, -0.05) is 27.7 Å². The van der Waals surface area contributed by atoms with Crippen LogP contribution in [0.5, 0.6) is 0 Å². The summed E-state index contributed by atoms with van der Waals surface area (Å²) in [4.78, 5) is 73.9. The van der Waals surface area contributed by atoms with Gasteiger partial charge in [0.2, 0.25) is 0 Å². The van der Waals surface area contributed by atoms with E-state index >= 15 is 0 Å².